The molecule has 2 aromatic heterocycles. The van der Waals surface area contributed by atoms with Crippen LogP contribution in [0.1, 0.15) is 40.9 Å². The molecule has 1 aliphatic heterocycles. The second-order valence-corrected chi connectivity index (χ2v) is 10.3. The van der Waals surface area contributed by atoms with Crippen LogP contribution in [0.3, 0.4) is 0 Å². The number of carbonyl (C=O) groups excluding carboxylic acids is 1. The van der Waals surface area contributed by atoms with Gasteiger partial charge in [-0.15, -0.1) is 10.2 Å². The molecule has 0 saturated heterocycles. The van der Waals surface area contributed by atoms with Gasteiger partial charge in [-0.1, -0.05) is 31.3 Å². The Labute approximate surface area is 216 Å². The molecular weight excluding hydrogens is 506 g/mol. The molecule has 12 heteroatoms. The predicted octanol–water partition coefficient (Wildman–Crippen LogP) is 3.26. The van der Waals surface area contributed by atoms with Gasteiger partial charge >= 0.3 is 0 Å². The number of hydrogen-bond acceptors (Lipinski definition) is 8. The summed E-state index contributed by atoms with van der Waals surface area (Å²) in [7, 11) is 1.57. The molecule has 1 amide bonds. The van der Waals surface area contributed by atoms with Crippen LogP contribution in [-0.4, -0.2) is 70.7 Å². The molecule has 0 fully saturated rings. The van der Waals surface area contributed by atoms with Gasteiger partial charge in [0.05, 0.1) is 31.4 Å². The lowest BCUT2D eigenvalue weighted by atomic mass is 10.1. The van der Waals surface area contributed by atoms with Gasteiger partial charge in [0.25, 0.3) is 5.91 Å². The van der Waals surface area contributed by atoms with E-state index in [9.17, 15) is 23.5 Å². The Morgan fingerprint density at radius 3 is 2.70 bits per heavy atom. The molecule has 1 N–H and O–H groups in total. The Balaban J connectivity index is 1.69. The molecular formula is C25H28F2N4O5S. The molecule has 0 spiro atoms. The number of benzene rings is 1. The van der Waals surface area contributed by atoms with E-state index in [0.717, 1.165) is 23.5 Å². The van der Waals surface area contributed by atoms with Crippen LogP contribution in [0.5, 0.6) is 5.75 Å². The summed E-state index contributed by atoms with van der Waals surface area (Å²) < 4.78 is 39.6. The zero-order valence-corrected chi connectivity index (χ0v) is 21.6. The second-order valence-electron chi connectivity index (χ2n) is 9.22. The summed E-state index contributed by atoms with van der Waals surface area (Å²) in [6, 6.07) is 2.91. The summed E-state index contributed by atoms with van der Waals surface area (Å²) in [6.07, 6.45) is 1.55. The van der Waals surface area contributed by atoms with E-state index in [2.05, 4.69) is 10.2 Å². The number of halogens is 2. The van der Waals surface area contributed by atoms with Crippen molar-refractivity contribution in [1.29, 1.82) is 0 Å². The van der Waals surface area contributed by atoms with Crippen LogP contribution in [0.4, 0.5) is 8.78 Å². The van der Waals surface area contributed by atoms with E-state index in [4.69, 9.17) is 9.47 Å². The molecule has 37 heavy (non-hydrogen) atoms. The number of hydrogen-bond donors (Lipinski definition) is 1. The lowest BCUT2D eigenvalue weighted by molar-refractivity contribution is 0.0326. The number of aromatic nitrogens is 3. The molecule has 1 atom stereocenters. The number of amides is 1. The van der Waals surface area contributed by atoms with Crippen molar-refractivity contribution in [3.8, 4) is 16.3 Å². The Morgan fingerprint density at radius 1 is 1.22 bits per heavy atom. The molecule has 3 heterocycles. The van der Waals surface area contributed by atoms with Gasteiger partial charge in [0.2, 0.25) is 5.43 Å². The lowest BCUT2D eigenvalue weighted by Crippen LogP contribution is -2.47. The molecule has 9 nitrogen and oxygen atoms in total. The van der Waals surface area contributed by atoms with Crippen molar-refractivity contribution in [2.24, 2.45) is 5.92 Å². The topological polar surface area (TPSA) is 107 Å². The SMILES string of the molecule is COCCOC[C@@H]1CN(CC(C)C)C(=O)c2c(O)c(=O)c(-c3nnc(Cc4ccc(F)cc4F)s3)cn21. The molecule has 1 aliphatic rings. The van der Waals surface area contributed by atoms with Crippen molar-refractivity contribution in [3.05, 3.63) is 62.5 Å². The summed E-state index contributed by atoms with van der Waals surface area (Å²) in [5, 5.41) is 19.6. The standard InChI is InChI=1S/C25H28F2N4O5S/c1-14(2)10-30-11-17(13-36-7-6-35-3)31-12-18(22(32)23(33)21(31)25(30)34)24-29-28-20(37-24)8-15-4-5-16(26)9-19(15)27/h4-5,9,12,14,17,33H,6-8,10-11,13H2,1-3H3/t17-/m0/s1. The van der Waals surface area contributed by atoms with Gasteiger partial charge in [0.1, 0.15) is 16.6 Å². The molecule has 0 saturated carbocycles. The summed E-state index contributed by atoms with van der Waals surface area (Å²) in [6.45, 7) is 5.73. The molecule has 0 bridgehead atoms. The number of nitrogens with zero attached hydrogens (tertiary/aromatic N) is 4. The first-order valence-corrected chi connectivity index (χ1v) is 12.6. The van der Waals surface area contributed by atoms with Crippen molar-refractivity contribution < 1.29 is 28.2 Å². The fourth-order valence-electron chi connectivity index (χ4n) is 4.20. The maximum atomic E-state index is 14.1. The van der Waals surface area contributed by atoms with Crippen LogP contribution in [0.25, 0.3) is 10.6 Å². The van der Waals surface area contributed by atoms with Gasteiger partial charge in [0.15, 0.2) is 16.5 Å². The molecule has 4 rings (SSSR count). The van der Waals surface area contributed by atoms with Gasteiger partial charge in [-0.05, 0) is 17.5 Å². The number of aromatic hydroxyl groups is 1. The highest BCUT2D eigenvalue weighted by molar-refractivity contribution is 7.14. The highest BCUT2D eigenvalue weighted by Crippen LogP contribution is 2.31. The minimum absolute atomic E-state index is 0.0562. The molecule has 0 aliphatic carbocycles. The normalized spacial score (nSPS) is 15.5. The number of methoxy groups -OCH3 is 1. The largest absolute Gasteiger partial charge is 0.503 e. The van der Waals surface area contributed by atoms with Gasteiger partial charge in [-0.2, -0.15) is 0 Å². The van der Waals surface area contributed by atoms with Crippen LogP contribution in [0.15, 0.2) is 29.2 Å². The van der Waals surface area contributed by atoms with Gasteiger partial charge in [0, 0.05) is 38.9 Å². The van der Waals surface area contributed by atoms with Crippen molar-refractivity contribution in [1.82, 2.24) is 19.7 Å². The van der Waals surface area contributed by atoms with Crippen LogP contribution in [0, 0.1) is 17.6 Å². The third-order valence-electron chi connectivity index (χ3n) is 5.91. The van der Waals surface area contributed by atoms with E-state index >= 15 is 0 Å². The van der Waals surface area contributed by atoms with Gasteiger partial charge < -0.3 is 24.0 Å². The monoisotopic (exact) mass is 534 g/mol. The van der Waals surface area contributed by atoms with E-state index in [1.54, 1.807) is 16.6 Å². The average molecular weight is 535 g/mol. The molecule has 0 unspecified atom stereocenters. The molecule has 3 aromatic rings. The van der Waals surface area contributed by atoms with E-state index in [-0.39, 0.29) is 46.8 Å². The number of ether oxygens (including phenoxy) is 2. The number of pyridine rings is 1. The smallest absolute Gasteiger partial charge is 0.274 e. The maximum Gasteiger partial charge on any atom is 0.274 e. The third-order valence-corrected chi connectivity index (χ3v) is 6.86. The number of carbonyl (C=O) groups is 1. The minimum atomic E-state index is -0.749. The molecule has 1 aromatic carbocycles. The third kappa shape index (κ3) is 5.86. The summed E-state index contributed by atoms with van der Waals surface area (Å²) in [5.41, 5.74) is -0.547. The Kier molecular flexibility index (Phi) is 8.30. The molecule has 0 radical (unpaired) electrons. The first kappa shape index (κ1) is 26.8. The first-order chi connectivity index (χ1) is 17.7. The lowest BCUT2D eigenvalue weighted by Gasteiger charge is -2.37. The Morgan fingerprint density at radius 2 is 2.00 bits per heavy atom. The summed E-state index contributed by atoms with van der Waals surface area (Å²) in [4.78, 5) is 28.0. The van der Waals surface area contributed by atoms with E-state index < -0.39 is 28.7 Å². The van der Waals surface area contributed by atoms with E-state index in [1.165, 1.54) is 12.3 Å². The maximum absolute atomic E-state index is 14.1. The quantitative estimate of drug-likeness (QED) is 0.398. The minimum Gasteiger partial charge on any atom is -0.503 e. The fourth-order valence-corrected chi connectivity index (χ4v) is 5.07. The first-order valence-electron chi connectivity index (χ1n) is 11.8. The van der Waals surface area contributed by atoms with Crippen LogP contribution in [0.2, 0.25) is 0 Å². The van der Waals surface area contributed by atoms with Crippen molar-refractivity contribution in [3.63, 3.8) is 0 Å². The van der Waals surface area contributed by atoms with E-state index in [1.807, 2.05) is 13.8 Å². The fraction of sp³-hybridized carbons (Fsp3) is 0.440. The van der Waals surface area contributed by atoms with Crippen molar-refractivity contribution in [2.75, 3.05) is 40.0 Å². The average Bonchev–Trinajstić information content (AvgIpc) is 3.31. The van der Waals surface area contributed by atoms with Crippen molar-refractivity contribution in [2.45, 2.75) is 26.3 Å². The Hall–Kier alpha value is -3.22. The zero-order chi connectivity index (χ0) is 26.7. The summed E-state index contributed by atoms with van der Waals surface area (Å²) >= 11 is 1.05. The van der Waals surface area contributed by atoms with Gasteiger partial charge in [-0.25, -0.2) is 8.78 Å². The van der Waals surface area contributed by atoms with Gasteiger partial charge in [-0.3, -0.25) is 9.59 Å². The summed E-state index contributed by atoms with van der Waals surface area (Å²) in [5.74, 6) is -2.31. The molecule has 198 valence electrons. The van der Waals surface area contributed by atoms with E-state index in [0.29, 0.717) is 31.3 Å². The van der Waals surface area contributed by atoms with Crippen LogP contribution >= 0.6 is 11.3 Å². The highest BCUT2D eigenvalue weighted by Gasteiger charge is 2.35. The predicted molar refractivity (Wildman–Crippen MR) is 133 cm³/mol. The number of fused-ring (bicyclic) bond motifs is 1. The van der Waals surface area contributed by atoms with Crippen molar-refractivity contribution >= 4 is 17.2 Å². The number of rotatable bonds is 10. The van der Waals surface area contributed by atoms with Crippen LogP contribution < -0.4 is 5.43 Å². The van der Waals surface area contributed by atoms with Crippen LogP contribution in [-0.2, 0) is 15.9 Å². The Bertz CT molecular complexity index is 1340. The zero-order valence-electron chi connectivity index (χ0n) is 20.7. The highest BCUT2D eigenvalue weighted by atomic mass is 32.1. The second kappa shape index (κ2) is 11.4.